The minimum absolute atomic E-state index is 0.126. The molecule has 2 aromatic carbocycles. The van der Waals surface area contributed by atoms with E-state index in [0.717, 1.165) is 5.56 Å². The number of nitrogens with zero attached hydrogens (tertiary/aromatic N) is 1. The second-order valence-corrected chi connectivity index (χ2v) is 7.42. The first-order valence-electron chi connectivity index (χ1n) is 9.28. The van der Waals surface area contributed by atoms with E-state index in [1.54, 1.807) is 38.1 Å². The van der Waals surface area contributed by atoms with E-state index in [-0.39, 0.29) is 52.8 Å². The van der Waals surface area contributed by atoms with Crippen LogP contribution >= 0.6 is 11.6 Å². The van der Waals surface area contributed by atoms with E-state index in [2.05, 4.69) is 4.99 Å². The number of ether oxygens (including phenoxy) is 2. The number of benzene rings is 2. The van der Waals surface area contributed by atoms with E-state index in [0.29, 0.717) is 5.75 Å². The Morgan fingerprint density at radius 3 is 2.43 bits per heavy atom. The molecule has 0 aliphatic heterocycles. The highest BCUT2D eigenvalue weighted by atomic mass is 35.5. The summed E-state index contributed by atoms with van der Waals surface area (Å²) in [5.74, 6) is -1.16. The summed E-state index contributed by atoms with van der Waals surface area (Å²) in [5.41, 5.74) is 0.982. The van der Waals surface area contributed by atoms with E-state index >= 15 is 0 Å². The topological polar surface area (TPSA) is 105 Å². The lowest BCUT2D eigenvalue weighted by molar-refractivity contribution is -0.137. The summed E-state index contributed by atoms with van der Waals surface area (Å²) >= 11 is 5.89. The van der Waals surface area contributed by atoms with Gasteiger partial charge in [0.2, 0.25) is 0 Å². The standard InChI is InChI=1S/C22H24ClNO6/c1-13(2)22(28)30-17-6-4-14(5-7-17)8-18(20(26)12-29-3)24-11-15-9-16(23)10-19(25)21(15)27/h4-7,9-11,13,18,25,27H,8,12H2,1-3H3. The van der Waals surface area contributed by atoms with Gasteiger partial charge in [-0.3, -0.25) is 14.6 Å². The number of ketones is 1. The van der Waals surface area contributed by atoms with E-state index in [4.69, 9.17) is 21.1 Å². The van der Waals surface area contributed by atoms with Crippen molar-refractivity contribution < 1.29 is 29.3 Å². The van der Waals surface area contributed by atoms with Gasteiger partial charge in [-0.15, -0.1) is 0 Å². The molecule has 0 heterocycles. The Morgan fingerprint density at radius 1 is 1.17 bits per heavy atom. The van der Waals surface area contributed by atoms with Crippen molar-refractivity contribution in [3.05, 3.63) is 52.5 Å². The molecule has 8 heteroatoms. The lowest BCUT2D eigenvalue weighted by Gasteiger charge is -2.12. The highest BCUT2D eigenvalue weighted by Gasteiger charge is 2.18. The van der Waals surface area contributed by atoms with Crippen LogP contribution < -0.4 is 4.74 Å². The molecule has 160 valence electrons. The first-order chi connectivity index (χ1) is 14.2. The first-order valence-corrected chi connectivity index (χ1v) is 9.66. The lowest BCUT2D eigenvalue weighted by atomic mass is 10.0. The normalized spacial score (nSPS) is 12.3. The fraction of sp³-hybridized carbons (Fsp3) is 0.318. The van der Waals surface area contributed by atoms with Gasteiger partial charge < -0.3 is 19.7 Å². The highest BCUT2D eigenvalue weighted by Crippen LogP contribution is 2.31. The number of esters is 1. The zero-order chi connectivity index (χ0) is 22.3. The molecule has 7 nitrogen and oxygen atoms in total. The van der Waals surface area contributed by atoms with Gasteiger partial charge in [0.15, 0.2) is 17.3 Å². The number of hydrogen-bond donors (Lipinski definition) is 2. The summed E-state index contributed by atoms with van der Waals surface area (Å²) in [6.07, 6.45) is 1.56. The molecule has 0 amide bonds. The predicted molar refractivity (Wildman–Crippen MR) is 114 cm³/mol. The van der Waals surface area contributed by atoms with E-state index in [1.165, 1.54) is 25.5 Å². The fourth-order valence-electron chi connectivity index (χ4n) is 2.51. The number of Topliss-reactive ketones (excluding diaryl/α,β-unsaturated/α-hetero) is 1. The summed E-state index contributed by atoms with van der Waals surface area (Å²) in [7, 11) is 1.41. The van der Waals surface area contributed by atoms with Crippen LogP contribution in [-0.4, -0.2) is 47.9 Å². The molecule has 0 saturated carbocycles. The quantitative estimate of drug-likeness (QED) is 0.271. The van der Waals surface area contributed by atoms with Crippen molar-refractivity contribution in [3.8, 4) is 17.2 Å². The zero-order valence-electron chi connectivity index (χ0n) is 17.0. The number of rotatable bonds is 9. The van der Waals surface area contributed by atoms with Crippen LogP contribution in [0.5, 0.6) is 17.2 Å². The molecule has 0 saturated heterocycles. The maximum absolute atomic E-state index is 12.4. The number of phenols is 2. The van der Waals surface area contributed by atoms with Gasteiger partial charge in [-0.1, -0.05) is 37.6 Å². The summed E-state index contributed by atoms with van der Waals surface area (Å²) in [6, 6.07) is 8.64. The SMILES string of the molecule is COCC(=O)C(Cc1ccc(OC(=O)C(C)C)cc1)N=Cc1cc(Cl)cc(O)c1O. The van der Waals surface area contributed by atoms with Crippen molar-refractivity contribution in [3.63, 3.8) is 0 Å². The number of methoxy groups -OCH3 is 1. The minimum atomic E-state index is -0.783. The molecule has 2 N–H and O–H groups in total. The number of carbonyl (C=O) groups excluding carboxylic acids is 2. The summed E-state index contributed by atoms with van der Waals surface area (Å²) in [4.78, 5) is 28.4. The second kappa shape index (κ2) is 10.8. The molecule has 1 unspecified atom stereocenters. The molecule has 30 heavy (non-hydrogen) atoms. The Morgan fingerprint density at radius 2 is 1.83 bits per heavy atom. The largest absolute Gasteiger partial charge is 0.504 e. The number of halogens is 1. The van der Waals surface area contributed by atoms with E-state index in [1.807, 2.05) is 0 Å². The average Bonchev–Trinajstić information content (AvgIpc) is 2.69. The van der Waals surface area contributed by atoms with Crippen LogP contribution in [0.25, 0.3) is 0 Å². The van der Waals surface area contributed by atoms with Crippen LogP contribution in [-0.2, 0) is 20.7 Å². The van der Waals surface area contributed by atoms with Crippen LogP contribution in [0, 0.1) is 5.92 Å². The second-order valence-electron chi connectivity index (χ2n) is 6.98. The number of hydrogen-bond acceptors (Lipinski definition) is 7. The molecular weight excluding hydrogens is 410 g/mol. The summed E-state index contributed by atoms with van der Waals surface area (Å²) in [6.45, 7) is 3.37. The monoisotopic (exact) mass is 433 g/mol. The Balaban J connectivity index is 2.20. The molecule has 2 aromatic rings. The van der Waals surface area contributed by atoms with Gasteiger partial charge in [-0.2, -0.15) is 0 Å². The van der Waals surface area contributed by atoms with E-state index in [9.17, 15) is 19.8 Å². The Hall–Kier alpha value is -2.90. The molecule has 0 bridgehead atoms. The molecule has 0 aliphatic carbocycles. The molecule has 0 radical (unpaired) electrons. The van der Waals surface area contributed by atoms with Gasteiger partial charge in [0, 0.05) is 36.4 Å². The lowest BCUT2D eigenvalue weighted by Crippen LogP contribution is -2.25. The predicted octanol–water partition coefficient (Wildman–Crippen LogP) is 3.56. The first kappa shape index (κ1) is 23.4. The Kier molecular flexibility index (Phi) is 8.38. The highest BCUT2D eigenvalue weighted by molar-refractivity contribution is 6.31. The molecular formula is C22H24ClNO6. The molecule has 0 fully saturated rings. The third kappa shape index (κ3) is 6.57. The van der Waals surface area contributed by atoms with Gasteiger partial charge >= 0.3 is 5.97 Å². The van der Waals surface area contributed by atoms with Gasteiger partial charge in [0.05, 0.1) is 5.92 Å². The Labute approximate surface area is 179 Å². The smallest absolute Gasteiger partial charge is 0.313 e. The summed E-state index contributed by atoms with van der Waals surface area (Å²) < 4.78 is 10.2. The van der Waals surface area contributed by atoms with Crippen LogP contribution in [0.4, 0.5) is 0 Å². The molecule has 0 spiro atoms. The summed E-state index contributed by atoms with van der Waals surface area (Å²) in [5, 5.41) is 19.9. The molecule has 0 aromatic heterocycles. The van der Waals surface area contributed by atoms with Crippen molar-refractivity contribution in [2.45, 2.75) is 26.3 Å². The van der Waals surface area contributed by atoms with Crippen molar-refractivity contribution in [2.24, 2.45) is 10.9 Å². The number of carbonyl (C=O) groups is 2. The third-order valence-electron chi connectivity index (χ3n) is 4.18. The van der Waals surface area contributed by atoms with Crippen molar-refractivity contribution in [1.29, 1.82) is 0 Å². The Bertz CT molecular complexity index is 924. The molecule has 1 atom stereocenters. The molecule has 0 aliphatic rings. The van der Waals surface area contributed by atoms with Crippen molar-refractivity contribution in [1.82, 2.24) is 0 Å². The van der Waals surface area contributed by atoms with Gasteiger partial charge in [-0.25, -0.2) is 0 Å². The van der Waals surface area contributed by atoms with Crippen LogP contribution in [0.15, 0.2) is 41.4 Å². The zero-order valence-corrected chi connectivity index (χ0v) is 17.7. The fourth-order valence-corrected chi connectivity index (χ4v) is 2.73. The van der Waals surface area contributed by atoms with Crippen LogP contribution in [0.3, 0.4) is 0 Å². The van der Waals surface area contributed by atoms with Gasteiger partial charge in [-0.05, 0) is 23.8 Å². The number of aliphatic imine (C=N–C) groups is 1. The third-order valence-corrected chi connectivity index (χ3v) is 4.40. The van der Waals surface area contributed by atoms with Gasteiger partial charge in [0.25, 0.3) is 0 Å². The molecule has 2 rings (SSSR count). The maximum Gasteiger partial charge on any atom is 0.313 e. The number of phenolic OH excluding ortho intramolecular Hbond substituents is 2. The van der Waals surface area contributed by atoms with Crippen molar-refractivity contribution >= 4 is 29.6 Å². The number of aromatic hydroxyl groups is 2. The van der Waals surface area contributed by atoms with Crippen LogP contribution in [0.1, 0.15) is 25.0 Å². The van der Waals surface area contributed by atoms with E-state index < -0.39 is 6.04 Å². The minimum Gasteiger partial charge on any atom is -0.504 e. The van der Waals surface area contributed by atoms with Crippen molar-refractivity contribution in [2.75, 3.05) is 13.7 Å². The average molecular weight is 434 g/mol. The van der Waals surface area contributed by atoms with Gasteiger partial charge in [0.1, 0.15) is 18.4 Å². The maximum atomic E-state index is 12.4. The van der Waals surface area contributed by atoms with Crippen LogP contribution in [0.2, 0.25) is 5.02 Å².